The molecule has 0 aliphatic carbocycles. The second kappa shape index (κ2) is 7.46. The van der Waals surface area contributed by atoms with Gasteiger partial charge in [0, 0.05) is 12.6 Å². The lowest BCUT2D eigenvalue weighted by molar-refractivity contribution is 0.282. The smallest absolute Gasteiger partial charge is 0.0431 e. The summed E-state index contributed by atoms with van der Waals surface area (Å²) in [5.74, 6) is 0. The van der Waals surface area contributed by atoms with Gasteiger partial charge in [0.2, 0.25) is 0 Å². The molecule has 1 unspecified atom stereocenters. The van der Waals surface area contributed by atoms with E-state index in [1.165, 1.54) is 16.7 Å². The summed E-state index contributed by atoms with van der Waals surface area (Å²) in [4.78, 5) is 0. The molecule has 1 rings (SSSR count). The SMILES string of the molecule is Cc1cc(C)cc(C(C)NCCCCCO)c1. The summed E-state index contributed by atoms with van der Waals surface area (Å²) in [6.45, 7) is 7.83. The fraction of sp³-hybridized carbons (Fsp3) is 0.600. The molecule has 0 radical (unpaired) electrons. The van der Waals surface area contributed by atoms with Crippen molar-refractivity contribution in [3.05, 3.63) is 34.9 Å². The fourth-order valence-electron chi connectivity index (χ4n) is 2.11. The van der Waals surface area contributed by atoms with Crippen LogP contribution in [0.15, 0.2) is 18.2 Å². The zero-order valence-corrected chi connectivity index (χ0v) is 11.3. The summed E-state index contributed by atoms with van der Waals surface area (Å²) < 4.78 is 0. The highest BCUT2D eigenvalue weighted by Crippen LogP contribution is 2.16. The topological polar surface area (TPSA) is 32.3 Å². The van der Waals surface area contributed by atoms with Gasteiger partial charge >= 0.3 is 0 Å². The summed E-state index contributed by atoms with van der Waals surface area (Å²) in [5.41, 5.74) is 4.02. The first-order chi connectivity index (χ1) is 8.13. The van der Waals surface area contributed by atoms with E-state index in [0.717, 1.165) is 25.8 Å². The van der Waals surface area contributed by atoms with Crippen LogP contribution in [0.5, 0.6) is 0 Å². The van der Waals surface area contributed by atoms with Crippen LogP contribution in [0, 0.1) is 13.8 Å². The normalized spacial score (nSPS) is 12.7. The van der Waals surface area contributed by atoms with Gasteiger partial charge in [0.05, 0.1) is 0 Å². The summed E-state index contributed by atoms with van der Waals surface area (Å²) in [6.07, 6.45) is 3.15. The standard InChI is InChI=1S/C15H25NO/c1-12-9-13(2)11-15(10-12)14(3)16-7-5-4-6-8-17/h9-11,14,16-17H,4-8H2,1-3H3. The number of aliphatic hydroxyl groups excluding tert-OH is 1. The monoisotopic (exact) mass is 235 g/mol. The maximum Gasteiger partial charge on any atom is 0.0431 e. The molecule has 0 fully saturated rings. The van der Waals surface area contributed by atoms with E-state index in [2.05, 4.69) is 44.3 Å². The highest BCUT2D eigenvalue weighted by Gasteiger charge is 2.05. The number of unbranched alkanes of at least 4 members (excludes halogenated alkanes) is 2. The van der Waals surface area contributed by atoms with Crippen molar-refractivity contribution in [1.29, 1.82) is 0 Å². The molecular formula is C15H25NO. The molecule has 2 N–H and O–H groups in total. The molecule has 1 atom stereocenters. The van der Waals surface area contributed by atoms with Crippen LogP contribution in [0.3, 0.4) is 0 Å². The van der Waals surface area contributed by atoms with Crippen LogP contribution in [0.4, 0.5) is 0 Å². The third-order valence-corrected chi connectivity index (χ3v) is 3.03. The number of aryl methyl sites for hydroxylation is 2. The molecule has 0 bridgehead atoms. The van der Waals surface area contributed by atoms with E-state index in [9.17, 15) is 0 Å². The van der Waals surface area contributed by atoms with Gasteiger partial charge in [-0.1, -0.05) is 29.3 Å². The lowest BCUT2D eigenvalue weighted by atomic mass is 10.0. The van der Waals surface area contributed by atoms with Gasteiger partial charge in [-0.05, 0) is 52.1 Å². The molecule has 0 aliphatic heterocycles. The molecule has 2 nitrogen and oxygen atoms in total. The van der Waals surface area contributed by atoms with E-state index in [1.54, 1.807) is 0 Å². The average molecular weight is 235 g/mol. The Bertz CT molecular complexity index is 315. The average Bonchev–Trinajstić information content (AvgIpc) is 2.27. The second-order valence-corrected chi connectivity index (χ2v) is 4.88. The predicted octanol–water partition coefficient (Wildman–Crippen LogP) is 3.12. The van der Waals surface area contributed by atoms with Gasteiger partial charge in [0.15, 0.2) is 0 Å². The van der Waals surface area contributed by atoms with Crippen LogP contribution in [-0.4, -0.2) is 18.3 Å². The maximum atomic E-state index is 8.69. The predicted molar refractivity (Wildman–Crippen MR) is 73.3 cm³/mol. The highest BCUT2D eigenvalue weighted by molar-refractivity contribution is 5.30. The minimum atomic E-state index is 0.312. The molecule has 2 heteroatoms. The molecule has 1 aromatic rings. The van der Waals surface area contributed by atoms with Crippen LogP contribution in [0.2, 0.25) is 0 Å². The van der Waals surface area contributed by atoms with Crippen molar-refractivity contribution < 1.29 is 5.11 Å². The van der Waals surface area contributed by atoms with Gasteiger partial charge in [-0.3, -0.25) is 0 Å². The van der Waals surface area contributed by atoms with Crippen molar-refractivity contribution in [3.63, 3.8) is 0 Å². The van der Waals surface area contributed by atoms with Gasteiger partial charge < -0.3 is 10.4 Å². The van der Waals surface area contributed by atoms with Crippen molar-refractivity contribution in [2.45, 2.75) is 46.1 Å². The number of nitrogens with one attached hydrogen (secondary N) is 1. The summed E-state index contributed by atoms with van der Waals surface area (Å²) >= 11 is 0. The molecule has 0 heterocycles. The lowest BCUT2D eigenvalue weighted by Gasteiger charge is -2.15. The van der Waals surface area contributed by atoms with Crippen molar-refractivity contribution in [1.82, 2.24) is 5.32 Å². The zero-order valence-electron chi connectivity index (χ0n) is 11.3. The summed E-state index contributed by atoms with van der Waals surface area (Å²) in [5, 5.41) is 12.2. The first-order valence-corrected chi connectivity index (χ1v) is 6.56. The quantitative estimate of drug-likeness (QED) is 0.712. The van der Waals surface area contributed by atoms with Crippen LogP contribution in [-0.2, 0) is 0 Å². The Balaban J connectivity index is 2.38. The van der Waals surface area contributed by atoms with Gasteiger partial charge in [-0.2, -0.15) is 0 Å². The van der Waals surface area contributed by atoms with E-state index in [0.29, 0.717) is 12.6 Å². The third-order valence-electron chi connectivity index (χ3n) is 3.03. The van der Waals surface area contributed by atoms with Crippen molar-refractivity contribution in [2.75, 3.05) is 13.2 Å². The van der Waals surface area contributed by atoms with Crippen LogP contribution in [0.25, 0.3) is 0 Å². The second-order valence-electron chi connectivity index (χ2n) is 4.88. The van der Waals surface area contributed by atoms with Crippen LogP contribution >= 0.6 is 0 Å². The molecule has 0 spiro atoms. The fourth-order valence-corrected chi connectivity index (χ4v) is 2.11. The molecule has 0 saturated carbocycles. The van der Waals surface area contributed by atoms with Gasteiger partial charge in [-0.15, -0.1) is 0 Å². The van der Waals surface area contributed by atoms with E-state index in [-0.39, 0.29) is 0 Å². The Morgan fingerprint density at radius 1 is 1.06 bits per heavy atom. The van der Waals surface area contributed by atoms with Crippen molar-refractivity contribution in [2.24, 2.45) is 0 Å². The van der Waals surface area contributed by atoms with E-state index < -0.39 is 0 Å². The Morgan fingerprint density at radius 3 is 2.29 bits per heavy atom. The van der Waals surface area contributed by atoms with E-state index in [4.69, 9.17) is 5.11 Å². The van der Waals surface area contributed by atoms with Crippen molar-refractivity contribution in [3.8, 4) is 0 Å². The van der Waals surface area contributed by atoms with E-state index >= 15 is 0 Å². The Labute approximate surface area is 105 Å². The van der Waals surface area contributed by atoms with Crippen molar-refractivity contribution >= 4 is 0 Å². The third kappa shape index (κ3) is 5.33. The Kier molecular flexibility index (Phi) is 6.23. The van der Waals surface area contributed by atoms with Crippen LogP contribution in [0.1, 0.15) is 48.9 Å². The largest absolute Gasteiger partial charge is 0.396 e. The number of benzene rings is 1. The minimum Gasteiger partial charge on any atom is -0.396 e. The molecule has 17 heavy (non-hydrogen) atoms. The zero-order chi connectivity index (χ0) is 12.7. The molecule has 0 saturated heterocycles. The molecule has 0 aromatic heterocycles. The molecule has 0 aliphatic rings. The van der Waals surface area contributed by atoms with E-state index in [1.807, 2.05) is 0 Å². The number of rotatable bonds is 7. The molecular weight excluding hydrogens is 210 g/mol. The summed E-state index contributed by atoms with van der Waals surface area (Å²) in [6, 6.07) is 7.11. The highest BCUT2D eigenvalue weighted by atomic mass is 16.2. The first-order valence-electron chi connectivity index (χ1n) is 6.56. The maximum absolute atomic E-state index is 8.69. The van der Waals surface area contributed by atoms with Crippen LogP contribution < -0.4 is 5.32 Å². The molecule has 0 amide bonds. The Morgan fingerprint density at radius 2 is 1.71 bits per heavy atom. The lowest BCUT2D eigenvalue weighted by Crippen LogP contribution is -2.20. The molecule has 1 aromatic carbocycles. The summed E-state index contributed by atoms with van der Waals surface area (Å²) in [7, 11) is 0. The van der Waals surface area contributed by atoms with Gasteiger partial charge in [0.25, 0.3) is 0 Å². The number of hydrogen-bond acceptors (Lipinski definition) is 2. The van der Waals surface area contributed by atoms with Gasteiger partial charge in [-0.25, -0.2) is 0 Å². The molecule has 96 valence electrons. The van der Waals surface area contributed by atoms with Gasteiger partial charge in [0.1, 0.15) is 0 Å². The number of aliphatic hydroxyl groups is 1. The number of hydrogen-bond donors (Lipinski definition) is 2. The Hall–Kier alpha value is -0.860. The minimum absolute atomic E-state index is 0.312. The first kappa shape index (κ1) is 14.2.